The summed E-state index contributed by atoms with van der Waals surface area (Å²) in [5, 5.41) is 4.80. The van der Waals surface area contributed by atoms with Crippen molar-refractivity contribution in [2.24, 2.45) is 5.73 Å². The normalized spacial score (nSPS) is 14.6. The Labute approximate surface area is 138 Å². The lowest BCUT2D eigenvalue weighted by molar-refractivity contribution is 0.415. The predicted octanol–water partition coefficient (Wildman–Crippen LogP) is 3.66. The van der Waals surface area contributed by atoms with Crippen molar-refractivity contribution in [1.82, 2.24) is 4.98 Å². The first-order valence-corrected chi connectivity index (χ1v) is 8.50. The monoisotopic (exact) mass is 313 g/mol. The molecule has 23 heavy (non-hydrogen) atoms. The Morgan fingerprint density at radius 1 is 1.26 bits per heavy atom. The first-order valence-electron chi connectivity index (χ1n) is 8.50. The van der Waals surface area contributed by atoms with Crippen LogP contribution >= 0.6 is 0 Å². The number of aryl methyl sites for hydroxylation is 1. The minimum absolute atomic E-state index is 0.159. The van der Waals surface area contributed by atoms with Crippen molar-refractivity contribution in [1.29, 1.82) is 0 Å². The summed E-state index contributed by atoms with van der Waals surface area (Å²) >= 11 is 0. The molecule has 0 radical (unpaired) electrons. The van der Waals surface area contributed by atoms with Crippen molar-refractivity contribution in [3.63, 3.8) is 0 Å². The van der Waals surface area contributed by atoms with E-state index < -0.39 is 0 Å². The zero-order valence-electron chi connectivity index (χ0n) is 14.4. The zero-order chi connectivity index (χ0) is 16.4. The number of anilines is 1. The summed E-state index contributed by atoms with van der Waals surface area (Å²) in [4.78, 5) is 4.89. The molecule has 0 fully saturated rings. The number of aromatic nitrogens is 1. The lowest BCUT2D eigenvalue weighted by Crippen LogP contribution is -2.34. The Bertz CT molecular complexity index is 704. The molecule has 124 valence electrons. The lowest BCUT2D eigenvalue weighted by Gasteiger charge is -2.24. The number of nitrogens with one attached hydrogen (secondary N) is 1. The van der Waals surface area contributed by atoms with Crippen LogP contribution in [0.15, 0.2) is 18.2 Å². The molecule has 1 aliphatic carbocycles. The molecule has 3 N–H and O–H groups in total. The summed E-state index contributed by atoms with van der Waals surface area (Å²) < 4.78 is 5.40. The maximum Gasteiger partial charge on any atom is 0.119 e. The van der Waals surface area contributed by atoms with Crippen LogP contribution in [0.3, 0.4) is 0 Å². The van der Waals surface area contributed by atoms with Gasteiger partial charge >= 0.3 is 0 Å². The highest BCUT2D eigenvalue weighted by Crippen LogP contribution is 2.35. The zero-order valence-corrected chi connectivity index (χ0v) is 14.4. The number of fused-ring (bicyclic) bond motifs is 2. The highest BCUT2D eigenvalue weighted by molar-refractivity contribution is 5.94. The van der Waals surface area contributed by atoms with Crippen molar-refractivity contribution in [3.05, 3.63) is 29.5 Å². The first kappa shape index (κ1) is 16.1. The Morgan fingerprint density at radius 3 is 2.78 bits per heavy atom. The van der Waals surface area contributed by atoms with E-state index >= 15 is 0 Å². The number of benzene rings is 1. The molecule has 3 rings (SSSR count). The summed E-state index contributed by atoms with van der Waals surface area (Å²) in [7, 11) is 1.71. The van der Waals surface area contributed by atoms with E-state index in [4.69, 9.17) is 15.5 Å². The van der Waals surface area contributed by atoms with E-state index in [0.717, 1.165) is 42.5 Å². The minimum Gasteiger partial charge on any atom is -0.497 e. The second kappa shape index (κ2) is 6.36. The molecule has 1 aromatic carbocycles. The number of nitrogens with zero attached hydrogens (tertiary/aromatic N) is 1. The van der Waals surface area contributed by atoms with E-state index in [2.05, 4.69) is 31.3 Å². The summed E-state index contributed by atoms with van der Waals surface area (Å²) in [6.07, 6.45) is 5.58. The number of nitrogens with two attached hydrogens (primary N) is 1. The molecule has 0 amide bonds. The molecule has 1 aliphatic rings. The quantitative estimate of drug-likeness (QED) is 0.884. The summed E-state index contributed by atoms with van der Waals surface area (Å²) in [5.74, 6) is 0.872. The van der Waals surface area contributed by atoms with E-state index in [1.165, 1.54) is 29.8 Å². The largest absolute Gasteiger partial charge is 0.497 e. The van der Waals surface area contributed by atoms with Gasteiger partial charge in [0.2, 0.25) is 0 Å². The van der Waals surface area contributed by atoms with Gasteiger partial charge < -0.3 is 15.8 Å². The fourth-order valence-corrected chi connectivity index (χ4v) is 3.24. The van der Waals surface area contributed by atoms with Gasteiger partial charge in [-0.15, -0.1) is 0 Å². The van der Waals surface area contributed by atoms with Gasteiger partial charge in [0.15, 0.2) is 0 Å². The molecule has 1 aromatic heterocycles. The number of rotatable bonds is 5. The van der Waals surface area contributed by atoms with Gasteiger partial charge in [-0.25, -0.2) is 0 Å². The molecule has 4 heteroatoms. The van der Waals surface area contributed by atoms with Crippen LogP contribution in [0.1, 0.15) is 44.4 Å². The van der Waals surface area contributed by atoms with Gasteiger partial charge in [0.25, 0.3) is 0 Å². The van der Waals surface area contributed by atoms with E-state index in [9.17, 15) is 0 Å². The van der Waals surface area contributed by atoms with Gasteiger partial charge in [-0.3, -0.25) is 4.98 Å². The molecular weight excluding hydrogens is 286 g/mol. The highest BCUT2D eigenvalue weighted by Gasteiger charge is 2.19. The standard InChI is InChI=1S/C19H27N3O/c1-19(2,20)10-11-21-18-14-6-4-5-7-16(14)22-17-9-8-13(23-3)12-15(17)18/h8-9,12H,4-7,10-11,20H2,1-3H3,(H,21,22). The third-order valence-corrected chi connectivity index (χ3v) is 4.54. The van der Waals surface area contributed by atoms with Gasteiger partial charge in [0.1, 0.15) is 5.75 Å². The van der Waals surface area contributed by atoms with Crippen LogP contribution in [0.4, 0.5) is 5.69 Å². The average Bonchev–Trinajstić information content (AvgIpc) is 2.52. The van der Waals surface area contributed by atoms with Crippen molar-refractivity contribution in [2.45, 2.75) is 51.5 Å². The number of hydrogen-bond donors (Lipinski definition) is 2. The molecule has 0 spiro atoms. The van der Waals surface area contributed by atoms with Crippen molar-refractivity contribution < 1.29 is 4.74 Å². The van der Waals surface area contributed by atoms with Crippen LogP contribution < -0.4 is 15.8 Å². The molecule has 0 bridgehead atoms. The Hall–Kier alpha value is -1.81. The third kappa shape index (κ3) is 3.58. The van der Waals surface area contributed by atoms with Crippen LogP contribution in [0.2, 0.25) is 0 Å². The minimum atomic E-state index is -0.159. The summed E-state index contributed by atoms with van der Waals surface area (Å²) in [6.45, 7) is 5.00. The van der Waals surface area contributed by atoms with Crippen LogP contribution in [-0.2, 0) is 12.8 Å². The van der Waals surface area contributed by atoms with Crippen molar-refractivity contribution in [2.75, 3.05) is 19.0 Å². The number of hydrogen-bond acceptors (Lipinski definition) is 4. The Balaban J connectivity index is 2.03. The number of pyridine rings is 1. The third-order valence-electron chi connectivity index (χ3n) is 4.54. The number of ether oxygens (including phenoxy) is 1. The molecular formula is C19H27N3O. The van der Waals surface area contributed by atoms with E-state index in [1.807, 2.05) is 6.07 Å². The summed E-state index contributed by atoms with van der Waals surface area (Å²) in [6, 6.07) is 6.13. The fraction of sp³-hybridized carbons (Fsp3) is 0.526. The fourth-order valence-electron chi connectivity index (χ4n) is 3.24. The lowest BCUT2D eigenvalue weighted by atomic mass is 9.92. The van der Waals surface area contributed by atoms with Crippen LogP contribution in [0, 0.1) is 0 Å². The molecule has 0 unspecified atom stereocenters. The Kier molecular flexibility index (Phi) is 4.44. The molecule has 0 saturated carbocycles. The SMILES string of the molecule is COc1ccc2nc3c(c(NCCC(C)(C)N)c2c1)CCCC3. The average molecular weight is 313 g/mol. The van der Waals surface area contributed by atoms with Crippen molar-refractivity contribution >= 4 is 16.6 Å². The smallest absolute Gasteiger partial charge is 0.119 e. The Morgan fingerprint density at radius 2 is 2.04 bits per heavy atom. The van der Waals surface area contributed by atoms with Crippen LogP contribution in [-0.4, -0.2) is 24.2 Å². The molecule has 4 nitrogen and oxygen atoms in total. The van der Waals surface area contributed by atoms with Gasteiger partial charge in [-0.1, -0.05) is 0 Å². The topological polar surface area (TPSA) is 60.2 Å². The second-order valence-electron chi connectivity index (χ2n) is 7.17. The second-order valence-corrected chi connectivity index (χ2v) is 7.17. The van der Waals surface area contributed by atoms with Crippen LogP contribution in [0.25, 0.3) is 10.9 Å². The molecule has 1 heterocycles. The predicted molar refractivity (Wildman–Crippen MR) is 96.3 cm³/mol. The molecule has 0 saturated heterocycles. The molecule has 0 atom stereocenters. The van der Waals surface area contributed by atoms with Crippen molar-refractivity contribution in [3.8, 4) is 5.75 Å². The van der Waals surface area contributed by atoms with Gasteiger partial charge in [0.05, 0.1) is 12.6 Å². The van der Waals surface area contributed by atoms with Gasteiger partial charge in [-0.2, -0.15) is 0 Å². The first-order chi connectivity index (χ1) is 11.0. The van der Waals surface area contributed by atoms with Crippen LogP contribution in [0.5, 0.6) is 5.75 Å². The highest BCUT2D eigenvalue weighted by atomic mass is 16.5. The molecule has 2 aromatic rings. The maximum absolute atomic E-state index is 6.12. The van der Waals surface area contributed by atoms with E-state index in [-0.39, 0.29) is 5.54 Å². The molecule has 0 aliphatic heterocycles. The summed E-state index contributed by atoms with van der Waals surface area (Å²) in [5.41, 5.74) is 10.9. The maximum atomic E-state index is 6.12. The van der Waals surface area contributed by atoms with E-state index in [1.54, 1.807) is 7.11 Å². The van der Waals surface area contributed by atoms with Gasteiger partial charge in [-0.05, 0) is 69.7 Å². The van der Waals surface area contributed by atoms with E-state index in [0.29, 0.717) is 0 Å². The van der Waals surface area contributed by atoms with Gasteiger partial charge in [0, 0.05) is 28.9 Å². The number of methoxy groups -OCH3 is 1.